The molecule has 23 heavy (non-hydrogen) atoms. The Morgan fingerprint density at radius 2 is 1.35 bits per heavy atom. The van der Waals surface area contributed by atoms with Crippen LogP contribution in [0, 0.1) is 0 Å². The standard InChI is InChI=1S/C20H28O.C2H6/c1-13(2)9-19(14(3)4)17-10-16(15(5)21)11-18(12-17)20(6,7)8;1-2/h9-12H,1-8H3;1-2H3. The molecule has 1 heteroatoms. The Morgan fingerprint density at radius 3 is 1.70 bits per heavy atom. The molecule has 128 valence electrons. The maximum atomic E-state index is 11.9. The summed E-state index contributed by atoms with van der Waals surface area (Å²) in [5.41, 5.74) is 6.88. The van der Waals surface area contributed by atoms with Crippen LogP contribution in [-0.2, 0) is 5.41 Å². The minimum atomic E-state index is 0.0257. The smallest absolute Gasteiger partial charge is 0.159 e. The number of benzene rings is 1. The molecule has 0 heterocycles. The number of carbonyl (C=O) groups excluding carboxylic acids is 1. The highest BCUT2D eigenvalue weighted by atomic mass is 16.1. The zero-order chi connectivity index (χ0) is 18.4. The van der Waals surface area contributed by atoms with E-state index in [0.29, 0.717) is 0 Å². The van der Waals surface area contributed by atoms with Gasteiger partial charge in [-0.1, -0.05) is 57.9 Å². The van der Waals surface area contributed by atoms with E-state index in [1.807, 2.05) is 26.0 Å². The van der Waals surface area contributed by atoms with Gasteiger partial charge in [-0.3, -0.25) is 4.79 Å². The fraction of sp³-hybridized carbons (Fsp3) is 0.500. The number of hydrogen-bond donors (Lipinski definition) is 0. The lowest BCUT2D eigenvalue weighted by molar-refractivity contribution is 0.101. The van der Waals surface area contributed by atoms with Gasteiger partial charge in [0.05, 0.1) is 0 Å². The second-order valence-corrected chi connectivity index (χ2v) is 7.24. The largest absolute Gasteiger partial charge is 0.295 e. The van der Waals surface area contributed by atoms with E-state index in [4.69, 9.17) is 0 Å². The van der Waals surface area contributed by atoms with Crippen LogP contribution in [0.2, 0.25) is 0 Å². The van der Waals surface area contributed by atoms with Crippen molar-refractivity contribution in [2.45, 2.75) is 74.7 Å². The van der Waals surface area contributed by atoms with E-state index in [1.54, 1.807) is 6.92 Å². The molecule has 0 amide bonds. The molecular weight excluding hydrogens is 280 g/mol. The molecular formula is C22H34O. The van der Waals surface area contributed by atoms with Gasteiger partial charge < -0.3 is 0 Å². The molecule has 0 unspecified atom stereocenters. The predicted molar refractivity (Wildman–Crippen MR) is 104 cm³/mol. The summed E-state index contributed by atoms with van der Waals surface area (Å²) in [6.07, 6.45) is 2.20. The lowest BCUT2D eigenvalue weighted by atomic mass is 9.83. The van der Waals surface area contributed by atoms with Gasteiger partial charge in [-0.05, 0) is 68.9 Å². The van der Waals surface area contributed by atoms with Crippen LogP contribution in [0.5, 0.6) is 0 Å². The summed E-state index contributed by atoms with van der Waals surface area (Å²) in [7, 11) is 0. The minimum absolute atomic E-state index is 0.0257. The van der Waals surface area contributed by atoms with E-state index in [1.165, 1.54) is 22.3 Å². The van der Waals surface area contributed by atoms with Gasteiger partial charge in [0.15, 0.2) is 5.78 Å². The molecule has 1 aromatic rings. The monoisotopic (exact) mass is 314 g/mol. The van der Waals surface area contributed by atoms with Crippen molar-refractivity contribution in [2.24, 2.45) is 0 Å². The van der Waals surface area contributed by atoms with E-state index >= 15 is 0 Å². The highest BCUT2D eigenvalue weighted by Gasteiger charge is 2.17. The van der Waals surface area contributed by atoms with Crippen molar-refractivity contribution in [3.8, 4) is 0 Å². The fourth-order valence-electron chi connectivity index (χ4n) is 2.22. The number of allylic oxidation sites excluding steroid dienone is 4. The van der Waals surface area contributed by atoms with Crippen LogP contribution in [0.4, 0.5) is 0 Å². The van der Waals surface area contributed by atoms with Crippen LogP contribution in [0.15, 0.2) is 35.4 Å². The van der Waals surface area contributed by atoms with Crippen LogP contribution < -0.4 is 0 Å². The van der Waals surface area contributed by atoms with Gasteiger partial charge in [-0.15, -0.1) is 0 Å². The molecule has 0 atom stereocenters. The lowest BCUT2D eigenvalue weighted by Gasteiger charge is -2.21. The summed E-state index contributed by atoms with van der Waals surface area (Å²) >= 11 is 0. The Labute approximate surface area is 143 Å². The van der Waals surface area contributed by atoms with Crippen LogP contribution in [-0.4, -0.2) is 5.78 Å². The molecule has 1 aromatic carbocycles. The van der Waals surface area contributed by atoms with E-state index < -0.39 is 0 Å². The number of carbonyl (C=O) groups is 1. The molecule has 0 N–H and O–H groups in total. The third kappa shape index (κ3) is 6.56. The Morgan fingerprint density at radius 1 is 0.870 bits per heavy atom. The Bertz CT molecular complexity index is 599. The third-order valence-corrected chi connectivity index (χ3v) is 3.49. The summed E-state index contributed by atoms with van der Waals surface area (Å²) < 4.78 is 0. The molecule has 0 aromatic heterocycles. The predicted octanol–water partition coefficient (Wildman–Crippen LogP) is 6.97. The van der Waals surface area contributed by atoms with Crippen molar-refractivity contribution in [3.05, 3.63) is 52.1 Å². The topological polar surface area (TPSA) is 17.1 Å². The quantitative estimate of drug-likeness (QED) is 0.435. The van der Waals surface area contributed by atoms with Crippen molar-refractivity contribution in [3.63, 3.8) is 0 Å². The van der Waals surface area contributed by atoms with Crippen LogP contribution >= 0.6 is 0 Å². The van der Waals surface area contributed by atoms with Crippen molar-refractivity contribution in [2.75, 3.05) is 0 Å². The molecule has 1 rings (SSSR count). The molecule has 0 spiro atoms. The molecule has 0 aliphatic carbocycles. The number of Topliss-reactive ketones (excluding diaryl/α,β-unsaturated/α-hetero) is 1. The SMILES string of the molecule is CC.CC(=O)c1cc(C(C=C(C)C)=C(C)C)cc(C(C)(C)C)c1. The van der Waals surface area contributed by atoms with Gasteiger partial charge in [0.2, 0.25) is 0 Å². The molecule has 0 fully saturated rings. The second-order valence-electron chi connectivity index (χ2n) is 7.24. The number of rotatable bonds is 3. The van der Waals surface area contributed by atoms with Gasteiger partial charge in [0.1, 0.15) is 0 Å². The van der Waals surface area contributed by atoms with Crippen molar-refractivity contribution in [1.29, 1.82) is 0 Å². The van der Waals surface area contributed by atoms with Crippen LogP contribution in [0.3, 0.4) is 0 Å². The Balaban J connectivity index is 0.00000232. The van der Waals surface area contributed by atoms with Gasteiger partial charge in [0.25, 0.3) is 0 Å². The van der Waals surface area contributed by atoms with Crippen molar-refractivity contribution >= 4 is 11.4 Å². The summed E-state index contributed by atoms with van der Waals surface area (Å²) in [6.45, 7) is 20.6. The second kappa shape index (κ2) is 8.86. The fourth-order valence-corrected chi connectivity index (χ4v) is 2.22. The van der Waals surface area contributed by atoms with Crippen molar-refractivity contribution < 1.29 is 4.79 Å². The number of ketones is 1. The summed E-state index contributed by atoms with van der Waals surface area (Å²) in [5.74, 6) is 0.118. The average molecular weight is 315 g/mol. The first kappa shape index (κ1) is 21.4. The van der Waals surface area contributed by atoms with Gasteiger partial charge in [-0.25, -0.2) is 0 Å². The highest BCUT2D eigenvalue weighted by molar-refractivity contribution is 5.95. The Kier molecular flexibility index (Phi) is 8.23. The zero-order valence-electron chi connectivity index (χ0n) is 16.7. The zero-order valence-corrected chi connectivity index (χ0v) is 16.7. The summed E-state index contributed by atoms with van der Waals surface area (Å²) in [4.78, 5) is 11.9. The maximum absolute atomic E-state index is 11.9. The van der Waals surface area contributed by atoms with E-state index in [-0.39, 0.29) is 11.2 Å². The first-order valence-electron chi connectivity index (χ1n) is 8.51. The van der Waals surface area contributed by atoms with Crippen LogP contribution in [0.1, 0.15) is 90.7 Å². The first-order valence-corrected chi connectivity index (χ1v) is 8.51. The molecule has 0 saturated carbocycles. The molecule has 0 aliphatic rings. The van der Waals surface area contributed by atoms with Gasteiger partial charge in [-0.2, -0.15) is 0 Å². The van der Waals surface area contributed by atoms with Gasteiger partial charge in [0, 0.05) is 5.56 Å². The number of hydrogen-bond acceptors (Lipinski definition) is 1. The average Bonchev–Trinajstić information content (AvgIpc) is 2.45. The van der Waals surface area contributed by atoms with Gasteiger partial charge >= 0.3 is 0 Å². The van der Waals surface area contributed by atoms with Crippen LogP contribution in [0.25, 0.3) is 5.57 Å². The Hall–Kier alpha value is -1.63. The molecule has 0 bridgehead atoms. The minimum Gasteiger partial charge on any atom is -0.295 e. The molecule has 0 saturated heterocycles. The van der Waals surface area contributed by atoms with E-state index in [2.05, 4.69) is 60.6 Å². The maximum Gasteiger partial charge on any atom is 0.159 e. The molecule has 0 aliphatic heterocycles. The summed E-state index contributed by atoms with van der Waals surface area (Å²) in [5, 5.41) is 0. The van der Waals surface area contributed by atoms with E-state index in [0.717, 1.165) is 11.1 Å². The highest BCUT2D eigenvalue weighted by Crippen LogP contribution is 2.30. The van der Waals surface area contributed by atoms with E-state index in [9.17, 15) is 4.79 Å². The molecule has 0 radical (unpaired) electrons. The molecule has 1 nitrogen and oxygen atoms in total. The first-order chi connectivity index (χ1) is 10.5. The lowest BCUT2D eigenvalue weighted by Crippen LogP contribution is -2.13. The summed E-state index contributed by atoms with van der Waals surface area (Å²) in [6, 6.07) is 6.25. The third-order valence-electron chi connectivity index (χ3n) is 3.49. The van der Waals surface area contributed by atoms with Crippen molar-refractivity contribution in [1.82, 2.24) is 0 Å². The normalized spacial score (nSPS) is 10.3.